The maximum absolute atomic E-state index is 12.5. The van der Waals surface area contributed by atoms with Gasteiger partial charge < -0.3 is 15.4 Å². The van der Waals surface area contributed by atoms with Crippen molar-refractivity contribution in [1.82, 2.24) is 9.97 Å². The van der Waals surface area contributed by atoms with Crippen molar-refractivity contribution >= 4 is 29.1 Å². The molecule has 0 unspecified atom stereocenters. The number of hydrogen-bond donors (Lipinski definition) is 2. The molecule has 0 aliphatic carbocycles. The van der Waals surface area contributed by atoms with Crippen molar-refractivity contribution in [2.24, 2.45) is 0 Å². The van der Waals surface area contributed by atoms with Gasteiger partial charge in [0, 0.05) is 23.3 Å². The second kappa shape index (κ2) is 7.79. The number of halogens is 1. The lowest BCUT2D eigenvalue weighted by molar-refractivity contribution is 0.102. The first-order chi connectivity index (χ1) is 11.4. The Kier molecular flexibility index (Phi) is 5.76. The lowest BCUT2D eigenvalue weighted by Crippen LogP contribution is -2.16. The van der Waals surface area contributed by atoms with Crippen LogP contribution in [-0.4, -0.2) is 29.5 Å². The Balaban J connectivity index is 2.28. The Bertz CT molecular complexity index is 777. The summed E-state index contributed by atoms with van der Waals surface area (Å²) in [7, 11) is 1.52. The van der Waals surface area contributed by atoms with Crippen LogP contribution in [-0.2, 0) is 0 Å². The molecular weight excluding hydrogens is 328 g/mol. The maximum atomic E-state index is 12.5. The van der Waals surface area contributed by atoms with Crippen LogP contribution in [0.3, 0.4) is 0 Å². The highest BCUT2D eigenvalue weighted by Crippen LogP contribution is 2.31. The summed E-state index contributed by atoms with van der Waals surface area (Å²) in [5.41, 5.74) is 2.30. The molecule has 126 valence electrons. The Hall–Kier alpha value is -2.60. The first-order valence-electron chi connectivity index (χ1n) is 7.30. The van der Waals surface area contributed by atoms with Gasteiger partial charge in [-0.2, -0.15) is 0 Å². The topological polar surface area (TPSA) is 76.1 Å². The van der Waals surface area contributed by atoms with Gasteiger partial charge in [0.15, 0.2) is 0 Å². The number of nitrogens with one attached hydrogen (secondary N) is 2. The van der Waals surface area contributed by atoms with Crippen LogP contribution in [0.15, 0.2) is 30.9 Å². The molecule has 0 bridgehead atoms. The average Bonchev–Trinajstić information content (AvgIpc) is 2.55. The fourth-order valence-corrected chi connectivity index (χ4v) is 2.20. The van der Waals surface area contributed by atoms with Crippen molar-refractivity contribution in [2.45, 2.75) is 13.8 Å². The van der Waals surface area contributed by atoms with Gasteiger partial charge in [0.05, 0.1) is 12.8 Å². The highest BCUT2D eigenvalue weighted by atomic mass is 35.5. The molecule has 0 atom stereocenters. The molecular formula is C17H19ClN4O2. The third-order valence-electron chi connectivity index (χ3n) is 3.22. The molecule has 1 heterocycles. The van der Waals surface area contributed by atoms with Crippen molar-refractivity contribution in [1.29, 1.82) is 0 Å². The number of carbonyl (C=O) groups excluding carboxylic acids is 1. The summed E-state index contributed by atoms with van der Waals surface area (Å²) in [6.45, 7) is 7.78. The van der Waals surface area contributed by atoms with Crippen molar-refractivity contribution in [3.63, 3.8) is 0 Å². The molecule has 1 amide bonds. The zero-order valence-electron chi connectivity index (χ0n) is 13.8. The number of amides is 1. The van der Waals surface area contributed by atoms with Crippen LogP contribution in [0.1, 0.15) is 21.7 Å². The maximum Gasteiger partial charge on any atom is 0.274 e. The highest BCUT2D eigenvalue weighted by molar-refractivity contribution is 6.31. The fourth-order valence-electron chi connectivity index (χ4n) is 2.04. The zero-order valence-corrected chi connectivity index (χ0v) is 14.6. The molecule has 0 spiro atoms. The number of rotatable bonds is 6. The van der Waals surface area contributed by atoms with Crippen molar-refractivity contribution in [2.75, 3.05) is 24.3 Å². The predicted octanol–water partition coefficient (Wildman–Crippen LogP) is 3.61. The van der Waals surface area contributed by atoms with E-state index in [1.165, 1.54) is 7.11 Å². The number of methoxy groups -OCH3 is 1. The molecule has 0 aliphatic rings. The molecule has 7 heteroatoms. The first kappa shape index (κ1) is 17.7. The van der Waals surface area contributed by atoms with Crippen LogP contribution in [0.25, 0.3) is 0 Å². The number of hydrogen-bond acceptors (Lipinski definition) is 5. The monoisotopic (exact) mass is 346 g/mol. The summed E-state index contributed by atoms with van der Waals surface area (Å²) < 4.78 is 5.26. The number of benzene rings is 1. The molecule has 1 aromatic heterocycles. The Morgan fingerprint density at radius 3 is 2.75 bits per heavy atom. The summed E-state index contributed by atoms with van der Waals surface area (Å²) in [5.74, 6) is 0.496. The van der Waals surface area contributed by atoms with Gasteiger partial charge in [-0.3, -0.25) is 4.79 Å². The number of aromatic nitrogens is 2. The van der Waals surface area contributed by atoms with E-state index in [0.29, 0.717) is 34.6 Å². The number of carbonyl (C=O) groups is 1. The van der Waals surface area contributed by atoms with E-state index < -0.39 is 0 Å². The molecule has 0 radical (unpaired) electrons. The molecule has 1 aromatic carbocycles. The number of anilines is 2. The van der Waals surface area contributed by atoms with Crippen LogP contribution in [0.5, 0.6) is 5.75 Å². The highest BCUT2D eigenvalue weighted by Gasteiger charge is 2.14. The molecule has 2 N–H and O–H groups in total. The molecule has 2 rings (SSSR count). The third-order valence-corrected chi connectivity index (χ3v) is 3.63. The van der Waals surface area contributed by atoms with Crippen molar-refractivity contribution in [3.05, 3.63) is 52.8 Å². The van der Waals surface area contributed by atoms with Crippen molar-refractivity contribution < 1.29 is 9.53 Å². The normalized spacial score (nSPS) is 10.2. The van der Waals surface area contributed by atoms with E-state index in [-0.39, 0.29) is 11.6 Å². The summed E-state index contributed by atoms with van der Waals surface area (Å²) in [6.07, 6.45) is 1.69. The Labute approximate surface area is 145 Å². The molecule has 0 aliphatic heterocycles. The van der Waals surface area contributed by atoms with E-state index in [1.807, 2.05) is 6.92 Å². The lowest BCUT2D eigenvalue weighted by atomic mass is 10.2. The van der Waals surface area contributed by atoms with Gasteiger partial charge in [-0.1, -0.05) is 17.7 Å². The third kappa shape index (κ3) is 4.23. The molecule has 0 fully saturated rings. The standard InChI is InChI=1S/C17H19ClN4O2/c1-5-6-19-17-20-11(3)8-14(22-17)16(23)21-13-7-10(2)12(18)9-15(13)24-4/h5,7-9H,1,6H2,2-4H3,(H,21,23)(H,19,20,22). The van der Waals surface area contributed by atoms with Crippen LogP contribution in [0.4, 0.5) is 11.6 Å². The van der Waals surface area contributed by atoms with E-state index >= 15 is 0 Å². The number of nitrogens with zero attached hydrogens (tertiary/aromatic N) is 2. The van der Waals surface area contributed by atoms with Crippen LogP contribution in [0.2, 0.25) is 5.02 Å². The fraction of sp³-hybridized carbons (Fsp3) is 0.235. The van der Waals surface area contributed by atoms with Gasteiger partial charge in [-0.25, -0.2) is 9.97 Å². The van der Waals surface area contributed by atoms with Crippen LogP contribution in [0, 0.1) is 13.8 Å². The number of ether oxygens (including phenoxy) is 1. The van der Waals surface area contributed by atoms with E-state index in [1.54, 1.807) is 31.2 Å². The van der Waals surface area contributed by atoms with Crippen LogP contribution < -0.4 is 15.4 Å². The van der Waals surface area contributed by atoms with Gasteiger partial charge in [0.2, 0.25) is 5.95 Å². The smallest absolute Gasteiger partial charge is 0.274 e. The molecule has 2 aromatic rings. The van der Waals surface area contributed by atoms with Gasteiger partial charge >= 0.3 is 0 Å². The minimum Gasteiger partial charge on any atom is -0.495 e. The molecule has 0 saturated heterocycles. The molecule has 0 saturated carbocycles. The summed E-state index contributed by atoms with van der Waals surface area (Å²) in [4.78, 5) is 21.0. The van der Waals surface area contributed by atoms with Gasteiger partial charge in [0.1, 0.15) is 11.4 Å². The van der Waals surface area contributed by atoms with Gasteiger partial charge in [-0.15, -0.1) is 6.58 Å². The minimum atomic E-state index is -0.359. The SMILES string of the molecule is C=CCNc1nc(C)cc(C(=O)Nc2cc(C)c(Cl)cc2OC)n1. The molecule has 6 nitrogen and oxygen atoms in total. The van der Waals surface area contributed by atoms with Gasteiger partial charge in [0.25, 0.3) is 5.91 Å². The van der Waals surface area contributed by atoms with E-state index in [4.69, 9.17) is 16.3 Å². The zero-order chi connectivity index (χ0) is 17.7. The van der Waals surface area contributed by atoms with Crippen LogP contribution >= 0.6 is 11.6 Å². The second-order valence-electron chi connectivity index (χ2n) is 5.14. The number of aryl methyl sites for hydroxylation is 2. The van der Waals surface area contributed by atoms with E-state index in [0.717, 1.165) is 5.56 Å². The Morgan fingerprint density at radius 1 is 1.33 bits per heavy atom. The summed E-state index contributed by atoms with van der Waals surface area (Å²) in [6, 6.07) is 5.03. The Morgan fingerprint density at radius 2 is 2.08 bits per heavy atom. The largest absolute Gasteiger partial charge is 0.495 e. The predicted molar refractivity (Wildman–Crippen MR) is 96.1 cm³/mol. The minimum absolute atomic E-state index is 0.253. The summed E-state index contributed by atoms with van der Waals surface area (Å²) >= 11 is 6.08. The molecule has 24 heavy (non-hydrogen) atoms. The first-order valence-corrected chi connectivity index (χ1v) is 7.68. The van der Waals surface area contributed by atoms with Crippen molar-refractivity contribution in [3.8, 4) is 5.75 Å². The average molecular weight is 347 g/mol. The van der Waals surface area contributed by atoms with Gasteiger partial charge in [-0.05, 0) is 31.5 Å². The van der Waals surface area contributed by atoms with E-state index in [2.05, 4.69) is 27.2 Å². The second-order valence-corrected chi connectivity index (χ2v) is 5.55. The quantitative estimate of drug-likeness (QED) is 0.781. The van der Waals surface area contributed by atoms with E-state index in [9.17, 15) is 4.79 Å². The summed E-state index contributed by atoms with van der Waals surface area (Å²) in [5, 5.41) is 6.33. The lowest BCUT2D eigenvalue weighted by Gasteiger charge is -2.12.